The molecular formula is C12H20N2O4. The third-order valence-corrected chi connectivity index (χ3v) is 2.57. The minimum Gasteiger partial charge on any atom is -0.483 e. The van der Waals surface area contributed by atoms with Gasteiger partial charge in [-0.15, -0.1) is 0 Å². The molecule has 0 radical (unpaired) electrons. The predicted molar refractivity (Wildman–Crippen MR) is 67.9 cm³/mol. The summed E-state index contributed by atoms with van der Waals surface area (Å²) in [7, 11) is 2.99. The van der Waals surface area contributed by atoms with Crippen molar-refractivity contribution in [2.45, 2.75) is 32.9 Å². The van der Waals surface area contributed by atoms with Crippen LogP contribution >= 0.6 is 0 Å². The van der Waals surface area contributed by atoms with Crippen LogP contribution in [0.15, 0.2) is 9.98 Å². The van der Waals surface area contributed by atoms with Gasteiger partial charge >= 0.3 is 5.97 Å². The van der Waals surface area contributed by atoms with E-state index in [1.165, 1.54) is 14.2 Å². The maximum atomic E-state index is 11.8. The quantitative estimate of drug-likeness (QED) is 0.708. The monoisotopic (exact) mass is 256 g/mol. The van der Waals surface area contributed by atoms with Crippen LogP contribution in [0.4, 0.5) is 0 Å². The Balaban J connectivity index is 3.02. The second-order valence-electron chi connectivity index (χ2n) is 4.19. The van der Waals surface area contributed by atoms with Gasteiger partial charge in [0.25, 0.3) is 0 Å². The number of methoxy groups -OCH3 is 2. The molecule has 0 saturated heterocycles. The lowest BCUT2D eigenvalue weighted by atomic mass is 10.0. The predicted octanol–water partition coefficient (Wildman–Crippen LogP) is 1.05. The Kier molecular flexibility index (Phi) is 5.12. The molecule has 0 amide bonds. The van der Waals surface area contributed by atoms with Gasteiger partial charge in [0, 0.05) is 0 Å². The summed E-state index contributed by atoms with van der Waals surface area (Å²) in [6.07, 6.45) is 0. The van der Waals surface area contributed by atoms with E-state index in [2.05, 4.69) is 9.98 Å². The van der Waals surface area contributed by atoms with E-state index in [1.54, 1.807) is 6.92 Å². The molecule has 1 aliphatic heterocycles. The molecule has 18 heavy (non-hydrogen) atoms. The summed E-state index contributed by atoms with van der Waals surface area (Å²) in [5, 5.41) is 0. The molecule has 0 spiro atoms. The largest absolute Gasteiger partial charge is 0.483 e. The van der Waals surface area contributed by atoms with E-state index in [0.29, 0.717) is 5.90 Å². The van der Waals surface area contributed by atoms with Crippen LogP contribution in [0.25, 0.3) is 0 Å². The van der Waals surface area contributed by atoms with Crippen molar-refractivity contribution >= 4 is 17.8 Å². The van der Waals surface area contributed by atoms with Crippen LogP contribution in [0.1, 0.15) is 20.8 Å². The van der Waals surface area contributed by atoms with Crippen molar-refractivity contribution < 1.29 is 19.0 Å². The molecule has 0 aromatic rings. The zero-order chi connectivity index (χ0) is 13.7. The van der Waals surface area contributed by atoms with Gasteiger partial charge in [-0.05, 0) is 12.8 Å². The van der Waals surface area contributed by atoms with E-state index >= 15 is 0 Å². The number of hydrogen-bond acceptors (Lipinski definition) is 6. The van der Waals surface area contributed by atoms with E-state index in [1.807, 2.05) is 13.8 Å². The molecule has 0 N–H and O–H groups in total. The van der Waals surface area contributed by atoms with E-state index < -0.39 is 12.0 Å². The molecule has 1 rings (SSSR count). The van der Waals surface area contributed by atoms with Gasteiger partial charge in [-0.25, -0.2) is 14.8 Å². The Morgan fingerprint density at radius 3 is 2.28 bits per heavy atom. The minimum absolute atomic E-state index is 0.206. The summed E-state index contributed by atoms with van der Waals surface area (Å²) in [5.41, 5.74) is 0. The van der Waals surface area contributed by atoms with Crippen molar-refractivity contribution in [3.8, 4) is 0 Å². The maximum Gasteiger partial charge on any atom is 0.340 e. The van der Waals surface area contributed by atoms with Gasteiger partial charge < -0.3 is 14.2 Å². The number of carbonyl (C=O) groups excluding carboxylic acids is 1. The molecule has 0 aromatic carbocycles. The van der Waals surface area contributed by atoms with Crippen molar-refractivity contribution in [3.05, 3.63) is 0 Å². The van der Waals surface area contributed by atoms with Crippen molar-refractivity contribution in [1.82, 2.24) is 0 Å². The standard InChI is InChI=1S/C12H20N2O4/c1-6-18-12(15)9-11(17-5)13-8(7(2)3)10(14-9)16-4/h7-9H,6H2,1-5H3. The molecule has 2 atom stereocenters. The summed E-state index contributed by atoms with van der Waals surface area (Å²) >= 11 is 0. The highest BCUT2D eigenvalue weighted by atomic mass is 16.5. The molecule has 2 unspecified atom stereocenters. The van der Waals surface area contributed by atoms with Gasteiger partial charge in [0.2, 0.25) is 17.8 Å². The maximum absolute atomic E-state index is 11.8. The van der Waals surface area contributed by atoms with Gasteiger partial charge in [0.15, 0.2) is 0 Å². The van der Waals surface area contributed by atoms with Crippen molar-refractivity contribution in [2.24, 2.45) is 15.9 Å². The molecule has 0 aliphatic carbocycles. The van der Waals surface area contributed by atoms with Crippen molar-refractivity contribution in [1.29, 1.82) is 0 Å². The van der Waals surface area contributed by atoms with Crippen molar-refractivity contribution in [3.63, 3.8) is 0 Å². The molecule has 102 valence electrons. The van der Waals surface area contributed by atoms with Crippen molar-refractivity contribution in [2.75, 3.05) is 20.8 Å². The number of rotatable bonds is 3. The highest BCUT2D eigenvalue weighted by molar-refractivity contribution is 6.07. The number of hydrogen-bond donors (Lipinski definition) is 0. The Bertz CT molecular complexity index is 363. The fourth-order valence-corrected chi connectivity index (χ4v) is 1.67. The number of aliphatic imine (C=N–C) groups is 2. The average molecular weight is 256 g/mol. The SMILES string of the molecule is CCOC(=O)C1N=C(OC)C(C(C)C)N=C1OC. The highest BCUT2D eigenvalue weighted by Gasteiger charge is 2.35. The molecule has 0 bridgehead atoms. The van der Waals surface area contributed by atoms with E-state index in [9.17, 15) is 4.79 Å². The lowest BCUT2D eigenvalue weighted by Gasteiger charge is -2.25. The average Bonchev–Trinajstić information content (AvgIpc) is 2.37. The number of ether oxygens (including phenoxy) is 3. The number of carbonyl (C=O) groups is 1. The summed E-state index contributed by atoms with van der Waals surface area (Å²) in [6.45, 7) is 6.03. The summed E-state index contributed by atoms with van der Waals surface area (Å²) in [5.74, 6) is 0.434. The molecule has 1 aliphatic rings. The first kappa shape index (κ1) is 14.5. The highest BCUT2D eigenvalue weighted by Crippen LogP contribution is 2.18. The van der Waals surface area contributed by atoms with Crippen LogP contribution in [-0.4, -0.2) is 50.7 Å². The molecule has 0 aromatic heterocycles. The Labute approximate surface area is 107 Å². The topological polar surface area (TPSA) is 69.5 Å². The number of esters is 1. The summed E-state index contributed by atoms with van der Waals surface area (Å²) < 4.78 is 15.3. The Morgan fingerprint density at radius 2 is 1.83 bits per heavy atom. The molecule has 0 saturated carbocycles. The first-order valence-electron chi connectivity index (χ1n) is 5.95. The van der Waals surface area contributed by atoms with Crippen LogP contribution in [0, 0.1) is 5.92 Å². The van der Waals surface area contributed by atoms with E-state index in [4.69, 9.17) is 14.2 Å². The summed E-state index contributed by atoms with van der Waals surface area (Å²) in [6, 6.07) is -1.09. The van der Waals surface area contributed by atoms with Gasteiger partial charge in [-0.2, -0.15) is 0 Å². The smallest absolute Gasteiger partial charge is 0.340 e. The van der Waals surface area contributed by atoms with Crippen LogP contribution < -0.4 is 0 Å². The number of nitrogens with zero attached hydrogens (tertiary/aromatic N) is 2. The van der Waals surface area contributed by atoms with Gasteiger partial charge in [0.05, 0.1) is 20.8 Å². The van der Waals surface area contributed by atoms with Crippen LogP contribution in [0.2, 0.25) is 0 Å². The second-order valence-corrected chi connectivity index (χ2v) is 4.19. The summed E-state index contributed by atoms with van der Waals surface area (Å²) in [4.78, 5) is 20.4. The normalized spacial score (nSPS) is 23.2. The fourth-order valence-electron chi connectivity index (χ4n) is 1.67. The molecule has 1 heterocycles. The molecule has 0 fully saturated rings. The molecular weight excluding hydrogens is 236 g/mol. The minimum atomic E-state index is -0.861. The van der Waals surface area contributed by atoms with Crippen LogP contribution in [0.3, 0.4) is 0 Å². The third kappa shape index (κ3) is 3.00. The fraction of sp³-hybridized carbons (Fsp3) is 0.750. The van der Waals surface area contributed by atoms with Gasteiger partial charge in [-0.1, -0.05) is 13.8 Å². The van der Waals surface area contributed by atoms with Gasteiger partial charge in [-0.3, -0.25) is 0 Å². The molecule has 6 heteroatoms. The third-order valence-electron chi connectivity index (χ3n) is 2.57. The first-order valence-corrected chi connectivity index (χ1v) is 5.95. The zero-order valence-electron chi connectivity index (χ0n) is 11.5. The molecule has 6 nitrogen and oxygen atoms in total. The van der Waals surface area contributed by atoms with Crippen LogP contribution in [-0.2, 0) is 19.0 Å². The zero-order valence-corrected chi connectivity index (χ0v) is 11.5. The Morgan fingerprint density at radius 1 is 1.22 bits per heavy atom. The Hall–Kier alpha value is -1.59. The first-order chi connectivity index (χ1) is 8.54. The lowest BCUT2D eigenvalue weighted by Crippen LogP contribution is -2.41. The lowest BCUT2D eigenvalue weighted by molar-refractivity contribution is -0.143. The van der Waals surface area contributed by atoms with E-state index in [0.717, 1.165) is 0 Å². The van der Waals surface area contributed by atoms with Gasteiger partial charge in [0.1, 0.15) is 6.04 Å². The van der Waals surface area contributed by atoms with E-state index in [-0.39, 0.29) is 24.5 Å². The van der Waals surface area contributed by atoms with Crippen LogP contribution in [0.5, 0.6) is 0 Å². The second kappa shape index (κ2) is 6.37.